The highest BCUT2D eigenvalue weighted by molar-refractivity contribution is 6.00. The number of nitrogens with zero attached hydrogens (tertiary/aromatic N) is 1. The number of aromatic nitrogens is 1. The lowest BCUT2D eigenvalue weighted by molar-refractivity contribution is -0.134. The number of carbonyl (C=O) groups excluding carboxylic acids is 2. The molecule has 2 N–H and O–H groups in total. The molecule has 0 spiro atoms. The Morgan fingerprint density at radius 2 is 2.35 bits per heavy atom. The van der Waals surface area contributed by atoms with Crippen LogP contribution in [0.25, 0.3) is 0 Å². The molecular weight excluding hydrogens is 218 g/mol. The normalized spacial score (nSPS) is 20.4. The number of piperidine rings is 1. The number of aryl methyl sites for hydroxylation is 1. The molecule has 92 valence electrons. The Kier molecular flexibility index (Phi) is 3.58. The third kappa shape index (κ3) is 2.74. The summed E-state index contributed by atoms with van der Waals surface area (Å²) in [5, 5.41) is 5.52. The van der Waals surface area contributed by atoms with Crippen molar-refractivity contribution in [1.29, 1.82) is 0 Å². The minimum Gasteiger partial charge on any atom is -0.351 e. The van der Waals surface area contributed by atoms with Gasteiger partial charge in [0, 0.05) is 31.4 Å². The first-order chi connectivity index (χ1) is 8.20. The predicted octanol–water partition coefficient (Wildman–Crippen LogP) is 0.403. The predicted molar refractivity (Wildman–Crippen MR) is 63.1 cm³/mol. The maximum absolute atomic E-state index is 11.5. The fourth-order valence-electron chi connectivity index (χ4n) is 2.03. The van der Waals surface area contributed by atoms with Gasteiger partial charge in [0.15, 0.2) is 0 Å². The van der Waals surface area contributed by atoms with Crippen LogP contribution in [0.3, 0.4) is 0 Å². The van der Waals surface area contributed by atoms with E-state index < -0.39 is 0 Å². The third-order valence-electron chi connectivity index (χ3n) is 3.03. The minimum atomic E-state index is -0.257. The monoisotopic (exact) mass is 235 g/mol. The Hall–Kier alpha value is -1.62. The van der Waals surface area contributed by atoms with Crippen molar-refractivity contribution in [2.45, 2.75) is 38.9 Å². The van der Waals surface area contributed by atoms with Crippen LogP contribution in [0.2, 0.25) is 0 Å². The fraction of sp³-hybridized carbons (Fsp3) is 0.500. The quantitative estimate of drug-likeness (QED) is 0.743. The van der Waals surface area contributed by atoms with Crippen molar-refractivity contribution < 1.29 is 9.59 Å². The summed E-state index contributed by atoms with van der Waals surface area (Å²) < 4.78 is 2.12. The standard InChI is InChI=1S/C12H17N3O2/c1-2-15-7-3-4-9(15)8-13-10-5-6-11(16)14-12(10)17/h3-4,7,10,13H,2,5-6,8H2,1H3,(H,14,16,17). The van der Waals surface area contributed by atoms with Gasteiger partial charge in [0.2, 0.25) is 11.8 Å². The van der Waals surface area contributed by atoms with E-state index in [1.807, 2.05) is 18.3 Å². The first-order valence-corrected chi connectivity index (χ1v) is 5.91. The van der Waals surface area contributed by atoms with Crippen molar-refractivity contribution in [1.82, 2.24) is 15.2 Å². The molecule has 2 heterocycles. The second kappa shape index (κ2) is 5.14. The van der Waals surface area contributed by atoms with Crippen LogP contribution in [0.5, 0.6) is 0 Å². The Balaban J connectivity index is 1.90. The summed E-state index contributed by atoms with van der Waals surface area (Å²) in [5.74, 6) is -0.388. The number of amides is 2. The van der Waals surface area contributed by atoms with E-state index in [2.05, 4.69) is 22.1 Å². The van der Waals surface area contributed by atoms with E-state index in [0.717, 1.165) is 12.2 Å². The molecule has 2 amide bonds. The molecule has 0 aliphatic carbocycles. The molecule has 0 aromatic carbocycles. The molecule has 1 aromatic heterocycles. The Morgan fingerprint density at radius 1 is 1.53 bits per heavy atom. The first kappa shape index (κ1) is 11.9. The first-order valence-electron chi connectivity index (χ1n) is 5.91. The second-order valence-electron chi connectivity index (χ2n) is 4.17. The average Bonchev–Trinajstić information content (AvgIpc) is 2.75. The highest BCUT2D eigenvalue weighted by atomic mass is 16.2. The molecule has 1 unspecified atom stereocenters. The van der Waals surface area contributed by atoms with Gasteiger partial charge in [0.1, 0.15) is 0 Å². The van der Waals surface area contributed by atoms with E-state index in [1.165, 1.54) is 0 Å². The summed E-state index contributed by atoms with van der Waals surface area (Å²) in [7, 11) is 0. The molecule has 1 aliphatic rings. The molecule has 1 aliphatic heterocycles. The summed E-state index contributed by atoms with van der Waals surface area (Å²) in [5.41, 5.74) is 1.15. The van der Waals surface area contributed by atoms with Crippen LogP contribution >= 0.6 is 0 Å². The molecule has 0 saturated carbocycles. The molecule has 2 rings (SSSR count). The van der Waals surface area contributed by atoms with Crippen LogP contribution in [0.15, 0.2) is 18.3 Å². The van der Waals surface area contributed by atoms with Crippen LogP contribution < -0.4 is 10.6 Å². The average molecular weight is 235 g/mol. The molecule has 1 atom stereocenters. The second-order valence-corrected chi connectivity index (χ2v) is 4.17. The van der Waals surface area contributed by atoms with Gasteiger partial charge in [-0.3, -0.25) is 14.9 Å². The zero-order valence-electron chi connectivity index (χ0n) is 9.90. The molecule has 1 aromatic rings. The highest BCUT2D eigenvalue weighted by Crippen LogP contribution is 2.07. The van der Waals surface area contributed by atoms with Gasteiger partial charge < -0.3 is 9.88 Å². The van der Waals surface area contributed by atoms with Crippen LogP contribution in [-0.4, -0.2) is 22.4 Å². The van der Waals surface area contributed by atoms with Gasteiger partial charge in [0.25, 0.3) is 0 Å². The van der Waals surface area contributed by atoms with Crippen LogP contribution in [0, 0.1) is 0 Å². The Bertz CT molecular complexity index is 425. The van der Waals surface area contributed by atoms with Gasteiger partial charge in [0.05, 0.1) is 6.04 Å². The molecule has 0 bridgehead atoms. The molecule has 1 saturated heterocycles. The maximum atomic E-state index is 11.5. The van der Waals surface area contributed by atoms with Gasteiger partial charge in [-0.05, 0) is 25.5 Å². The topological polar surface area (TPSA) is 63.1 Å². The van der Waals surface area contributed by atoms with Crippen LogP contribution in [0.4, 0.5) is 0 Å². The van der Waals surface area contributed by atoms with E-state index in [4.69, 9.17) is 0 Å². The summed E-state index contributed by atoms with van der Waals surface area (Å²) in [4.78, 5) is 22.5. The third-order valence-corrected chi connectivity index (χ3v) is 3.03. The minimum absolute atomic E-state index is 0.176. The van der Waals surface area contributed by atoms with Gasteiger partial charge in [-0.25, -0.2) is 0 Å². The zero-order chi connectivity index (χ0) is 12.3. The lowest BCUT2D eigenvalue weighted by Gasteiger charge is -2.22. The Morgan fingerprint density at radius 3 is 3.06 bits per heavy atom. The molecule has 0 radical (unpaired) electrons. The number of rotatable bonds is 4. The number of hydrogen-bond acceptors (Lipinski definition) is 3. The van der Waals surface area contributed by atoms with Crippen molar-refractivity contribution in [2.24, 2.45) is 0 Å². The van der Waals surface area contributed by atoms with E-state index in [9.17, 15) is 9.59 Å². The number of nitrogens with one attached hydrogen (secondary N) is 2. The van der Waals surface area contributed by atoms with E-state index >= 15 is 0 Å². The summed E-state index contributed by atoms with van der Waals surface area (Å²) in [6.07, 6.45) is 3.01. The van der Waals surface area contributed by atoms with Gasteiger partial charge in [-0.1, -0.05) is 0 Å². The smallest absolute Gasteiger partial charge is 0.243 e. The zero-order valence-corrected chi connectivity index (χ0v) is 9.90. The molecule has 5 heteroatoms. The summed E-state index contributed by atoms with van der Waals surface area (Å²) >= 11 is 0. The molecule has 1 fully saturated rings. The highest BCUT2D eigenvalue weighted by Gasteiger charge is 2.25. The fourth-order valence-corrected chi connectivity index (χ4v) is 2.03. The Labute approximate surface area is 100 Å². The van der Waals surface area contributed by atoms with Gasteiger partial charge in [-0.2, -0.15) is 0 Å². The van der Waals surface area contributed by atoms with Crippen molar-refractivity contribution in [2.75, 3.05) is 0 Å². The van der Waals surface area contributed by atoms with Crippen molar-refractivity contribution in [3.8, 4) is 0 Å². The molecular formula is C12H17N3O2. The van der Waals surface area contributed by atoms with E-state index in [0.29, 0.717) is 19.4 Å². The SMILES string of the molecule is CCn1cccc1CNC1CCC(=O)NC1=O. The van der Waals surface area contributed by atoms with Gasteiger partial charge >= 0.3 is 0 Å². The lowest BCUT2D eigenvalue weighted by atomic mass is 10.1. The van der Waals surface area contributed by atoms with Crippen molar-refractivity contribution >= 4 is 11.8 Å². The maximum Gasteiger partial charge on any atom is 0.243 e. The lowest BCUT2D eigenvalue weighted by Crippen LogP contribution is -2.50. The molecule has 17 heavy (non-hydrogen) atoms. The summed E-state index contributed by atoms with van der Waals surface area (Å²) in [6.45, 7) is 3.64. The van der Waals surface area contributed by atoms with Crippen LogP contribution in [-0.2, 0) is 22.7 Å². The van der Waals surface area contributed by atoms with Gasteiger partial charge in [-0.15, -0.1) is 0 Å². The van der Waals surface area contributed by atoms with E-state index in [1.54, 1.807) is 0 Å². The van der Waals surface area contributed by atoms with E-state index in [-0.39, 0.29) is 17.9 Å². The number of carbonyl (C=O) groups is 2. The van der Waals surface area contributed by atoms with Crippen molar-refractivity contribution in [3.63, 3.8) is 0 Å². The number of hydrogen-bond donors (Lipinski definition) is 2. The summed E-state index contributed by atoms with van der Waals surface area (Å²) in [6, 6.07) is 3.76. The molecule has 5 nitrogen and oxygen atoms in total. The number of imide groups is 1. The largest absolute Gasteiger partial charge is 0.351 e. The van der Waals surface area contributed by atoms with Crippen LogP contribution in [0.1, 0.15) is 25.5 Å². The van der Waals surface area contributed by atoms with Crippen molar-refractivity contribution in [3.05, 3.63) is 24.0 Å².